The molecule has 0 aliphatic carbocycles. The summed E-state index contributed by atoms with van der Waals surface area (Å²) in [7, 11) is 4.53. The molecule has 0 bridgehead atoms. The van der Waals surface area contributed by atoms with E-state index in [0.29, 0.717) is 28.6 Å². The maximum atomic E-state index is 12.0. The van der Waals surface area contributed by atoms with E-state index in [2.05, 4.69) is 10.6 Å². The van der Waals surface area contributed by atoms with Crippen molar-refractivity contribution in [3.63, 3.8) is 0 Å². The van der Waals surface area contributed by atoms with Crippen LogP contribution < -0.4 is 24.8 Å². The zero-order valence-corrected chi connectivity index (χ0v) is 17.0. The van der Waals surface area contributed by atoms with E-state index in [-0.39, 0.29) is 18.7 Å². The molecule has 2 rings (SSSR count). The van der Waals surface area contributed by atoms with Gasteiger partial charge in [-0.3, -0.25) is 14.4 Å². The number of nitrogens with one attached hydrogen (secondary N) is 2. The number of benzene rings is 2. The quantitative estimate of drug-likeness (QED) is 0.573. The predicted molar refractivity (Wildman–Crippen MR) is 110 cm³/mol. The minimum Gasteiger partial charge on any atom is -0.497 e. The van der Waals surface area contributed by atoms with Crippen molar-refractivity contribution in [2.75, 3.05) is 38.6 Å². The fourth-order valence-corrected chi connectivity index (χ4v) is 2.42. The number of rotatable bonds is 10. The van der Waals surface area contributed by atoms with E-state index < -0.39 is 18.5 Å². The smallest absolute Gasteiger partial charge is 0.306 e. The zero-order valence-electron chi connectivity index (χ0n) is 17.0. The van der Waals surface area contributed by atoms with Crippen molar-refractivity contribution < 1.29 is 33.3 Å². The fourth-order valence-electron chi connectivity index (χ4n) is 2.42. The fraction of sp³-hybridized carbons (Fsp3) is 0.286. The average Bonchev–Trinajstić information content (AvgIpc) is 2.77. The molecule has 2 N–H and O–H groups in total. The SMILES string of the molecule is COc1ccc(NC(=O)CCC(=O)OCC(=O)Nc2ccc(OC)cc2OC)cc1. The summed E-state index contributed by atoms with van der Waals surface area (Å²) in [6, 6.07) is 11.7. The van der Waals surface area contributed by atoms with Gasteiger partial charge in [-0.1, -0.05) is 0 Å². The van der Waals surface area contributed by atoms with Gasteiger partial charge in [0.05, 0.1) is 33.4 Å². The van der Waals surface area contributed by atoms with E-state index in [4.69, 9.17) is 18.9 Å². The van der Waals surface area contributed by atoms with Crippen LogP contribution in [0.15, 0.2) is 42.5 Å². The van der Waals surface area contributed by atoms with Crippen LogP contribution >= 0.6 is 0 Å². The highest BCUT2D eigenvalue weighted by Gasteiger charge is 2.13. The Kier molecular flexibility index (Phi) is 8.49. The molecule has 0 radical (unpaired) electrons. The molecule has 0 atom stereocenters. The van der Waals surface area contributed by atoms with Crippen molar-refractivity contribution >= 4 is 29.2 Å². The largest absolute Gasteiger partial charge is 0.497 e. The third-order valence-corrected chi connectivity index (χ3v) is 3.98. The van der Waals surface area contributed by atoms with Gasteiger partial charge in [0.15, 0.2) is 6.61 Å². The number of carbonyl (C=O) groups is 3. The molecule has 2 amide bonds. The second-order valence-electron chi connectivity index (χ2n) is 6.05. The molecule has 0 fully saturated rings. The van der Waals surface area contributed by atoms with Gasteiger partial charge in [0, 0.05) is 18.2 Å². The lowest BCUT2D eigenvalue weighted by atomic mass is 10.2. The van der Waals surface area contributed by atoms with Gasteiger partial charge in [-0.05, 0) is 36.4 Å². The highest BCUT2D eigenvalue weighted by molar-refractivity contribution is 5.95. The number of anilines is 2. The summed E-state index contributed by atoms with van der Waals surface area (Å²) in [5.74, 6) is 0.117. The first-order chi connectivity index (χ1) is 14.4. The summed E-state index contributed by atoms with van der Waals surface area (Å²) in [5, 5.41) is 5.25. The lowest BCUT2D eigenvalue weighted by molar-refractivity contribution is -0.147. The molecule has 9 nitrogen and oxygen atoms in total. The average molecular weight is 416 g/mol. The van der Waals surface area contributed by atoms with Crippen LogP contribution in [-0.2, 0) is 19.1 Å². The summed E-state index contributed by atoms with van der Waals surface area (Å²) in [5.41, 5.74) is 1.00. The van der Waals surface area contributed by atoms with Crippen LogP contribution in [0.5, 0.6) is 17.2 Å². The highest BCUT2D eigenvalue weighted by Crippen LogP contribution is 2.28. The Labute approximate surface area is 174 Å². The predicted octanol–water partition coefficient (Wildman–Crippen LogP) is 2.61. The highest BCUT2D eigenvalue weighted by atomic mass is 16.5. The first kappa shape index (κ1) is 22.5. The monoisotopic (exact) mass is 416 g/mol. The maximum Gasteiger partial charge on any atom is 0.306 e. The van der Waals surface area contributed by atoms with Crippen LogP contribution in [0.2, 0.25) is 0 Å². The zero-order chi connectivity index (χ0) is 21.9. The second kappa shape index (κ2) is 11.3. The standard InChI is InChI=1S/C21H24N2O7/c1-27-15-6-4-14(5-7-15)22-19(24)10-11-21(26)30-13-20(25)23-17-9-8-16(28-2)12-18(17)29-3/h4-9,12H,10-11,13H2,1-3H3,(H,22,24)(H,23,25). The van der Waals surface area contributed by atoms with E-state index in [1.165, 1.54) is 14.2 Å². The van der Waals surface area contributed by atoms with Gasteiger partial charge in [0.2, 0.25) is 5.91 Å². The molecule has 0 unspecified atom stereocenters. The Balaban J connectivity index is 1.73. The number of amides is 2. The number of ether oxygens (including phenoxy) is 4. The van der Waals surface area contributed by atoms with Gasteiger partial charge >= 0.3 is 5.97 Å². The molecule has 2 aromatic carbocycles. The third-order valence-electron chi connectivity index (χ3n) is 3.98. The summed E-state index contributed by atoms with van der Waals surface area (Å²) in [4.78, 5) is 35.7. The Morgan fingerprint density at radius 1 is 0.767 bits per heavy atom. The lowest BCUT2D eigenvalue weighted by Crippen LogP contribution is -2.22. The number of esters is 1. The van der Waals surface area contributed by atoms with Gasteiger partial charge in [0.1, 0.15) is 17.2 Å². The molecule has 160 valence electrons. The van der Waals surface area contributed by atoms with E-state index in [9.17, 15) is 14.4 Å². The molecule has 0 saturated heterocycles. The van der Waals surface area contributed by atoms with Crippen LogP contribution in [0.1, 0.15) is 12.8 Å². The van der Waals surface area contributed by atoms with Gasteiger partial charge in [0.25, 0.3) is 5.91 Å². The molecule has 0 aliphatic heterocycles. The number of hydrogen-bond acceptors (Lipinski definition) is 7. The Morgan fingerprint density at radius 3 is 2.07 bits per heavy atom. The molecular weight excluding hydrogens is 392 g/mol. The van der Waals surface area contributed by atoms with Crippen LogP contribution in [0.4, 0.5) is 11.4 Å². The summed E-state index contributed by atoms with van der Waals surface area (Å²) in [6.07, 6.45) is -0.222. The van der Waals surface area contributed by atoms with Crippen molar-refractivity contribution in [3.8, 4) is 17.2 Å². The van der Waals surface area contributed by atoms with E-state index in [1.807, 2.05) is 0 Å². The number of carbonyl (C=O) groups excluding carboxylic acids is 3. The van der Waals surface area contributed by atoms with Crippen LogP contribution in [0.3, 0.4) is 0 Å². The normalized spacial score (nSPS) is 9.97. The minimum atomic E-state index is -0.656. The molecule has 0 heterocycles. The van der Waals surface area contributed by atoms with Crippen LogP contribution in [-0.4, -0.2) is 45.7 Å². The number of hydrogen-bond donors (Lipinski definition) is 2. The maximum absolute atomic E-state index is 12.0. The first-order valence-corrected chi connectivity index (χ1v) is 9.06. The minimum absolute atomic E-state index is 0.0707. The second-order valence-corrected chi connectivity index (χ2v) is 6.05. The van der Waals surface area contributed by atoms with Gasteiger partial charge in [-0.2, -0.15) is 0 Å². The molecular formula is C21H24N2O7. The van der Waals surface area contributed by atoms with Crippen molar-refractivity contribution in [3.05, 3.63) is 42.5 Å². The molecule has 0 aromatic heterocycles. The van der Waals surface area contributed by atoms with E-state index in [0.717, 1.165) is 0 Å². The van der Waals surface area contributed by atoms with Crippen molar-refractivity contribution in [2.24, 2.45) is 0 Å². The van der Waals surface area contributed by atoms with Crippen LogP contribution in [0, 0.1) is 0 Å². The molecule has 0 aliphatic rings. The van der Waals surface area contributed by atoms with E-state index >= 15 is 0 Å². The Bertz CT molecular complexity index is 881. The van der Waals surface area contributed by atoms with Gasteiger partial charge in [-0.15, -0.1) is 0 Å². The van der Waals surface area contributed by atoms with Crippen molar-refractivity contribution in [1.82, 2.24) is 0 Å². The topological polar surface area (TPSA) is 112 Å². The van der Waals surface area contributed by atoms with Gasteiger partial charge in [-0.25, -0.2) is 0 Å². The summed E-state index contributed by atoms with van der Waals surface area (Å²) < 4.78 is 20.2. The first-order valence-electron chi connectivity index (χ1n) is 9.06. The Morgan fingerprint density at radius 2 is 1.43 bits per heavy atom. The van der Waals surface area contributed by atoms with Crippen molar-refractivity contribution in [1.29, 1.82) is 0 Å². The molecule has 2 aromatic rings. The summed E-state index contributed by atoms with van der Waals surface area (Å²) in [6.45, 7) is -0.478. The molecule has 0 spiro atoms. The van der Waals surface area contributed by atoms with Crippen LogP contribution in [0.25, 0.3) is 0 Å². The molecule has 0 saturated carbocycles. The van der Waals surface area contributed by atoms with Crippen molar-refractivity contribution in [2.45, 2.75) is 12.8 Å². The number of methoxy groups -OCH3 is 3. The summed E-state index contributed by atoms with van der Waals surface area (Å²) >= 11 is 0. The molecule has 30 heavy (non-hydrogen) atoms. The molecule has 9 heteroatoms. The van der Waals surface area contributed by atoms with E-state index in [1.54, 1.807) is 49.6 Å². The Hall–Kier alpha value is -3.75. The third kappa shape index (κ3) is 7.01. The lowest BCUT2D eigenvalue weighted by Gasteiger charge is -2.12. The van der Waals surface area contributed by atoms with Gasteiger partial charge < -0.3 is 29.6 Å².